The zero-order valence-corrected chi connectivity index (χ0v) is 20.7. The number of halogens is 1. The van der Waals surface area contributed by atoms with E-state index in [9.17, 15) is 14.9 Å². The van der Waals surface area contributed by atoms with Crippen LogP contribution in [0.4, 0.5) is 10.5 Å². The van der Waals surface area contributed by atoms with E-state index >= 15 is 0 Å². The molecular weight excluding hydrogens is 470 g/mol. The van der Waals surface area contributed by atoms with Crippen LogP contribution in [0.3, 0.4) is 0 Å². The number of nitrogens with one attached hydrogen (secondary N) is 2. The van der Waals surface area contributed by atoms with E-state index in [0.717, 1.165) is 31.5 Å². The van der Waals surface area contributed by atoms with Crippen molar-refractivity contribution in [3.05, 3.63) is 63.3 Å². The molecule has 0 atom stereocenters. The summed E-state index contributed by atoms with van der Waals surface area (Å²) in [6.07, 6.45) is 1.55. The molecule has 2 N–H and O–H groups in total. The van der Waals surface area contributed by atoms with Crippen LogP contribution in [-0.2, 0) is 6.54 Å². The van der Waals surface area contributed by atoms with Gasteiger partial charge in [-0.05, 0) is 70.5 Å². The molecule has 0 unspecified atom stereocenters. The van der Waals surface area contributed by atoms with E-state index in [-0.39, 0.29) is 27.7 Å². The van der Waals surface area contributed by atoms with Crippen LogP contribution >= 0.6 is 11.6 Å². The van der Waals surface area contributed by atoms with Crippen LogP contribution in [0.1, 0.15) is 39.2 Å². The number of pyridine rings is 1. The van der Waals surface area contributed by atoms with E-state index in [1.165, 1.54) is 0 Å². The molecule has 0 aliphatic carbocycles. The molecule has 3 aromatic rings. The number of carbonyl (C=O) groups is 1. The van der Waals surface area contributed by atoms with E-state index < -0.39 is 11.0 Å². The second kappa shape index (κ2) is 10.2. The second-order valence-corrected chi connectivity index (χ2v) is 9.96. The molecule has 1 saturated heterocycles. The molecule has 2 aromatic carbocycles. The Morgan fingerprint density at radius 3 is 2.60 bits per heavy atom. The number of nitrogens with zero attached hydrogens (tertiary/aromatic N) is 3. The van der Waals surface area contributed by atoms with E-state index in [1.807, 2.05) is 32.9 Å². The molecule has 9 nitrogen and oxygen atoms in total. The van der Waals surface area contributed by atoms with Gasteiger partial charge in [0.1, 0.15) is 5.75 Å². The van der Waals surface area contributed by atoms with E-state index in [4.69, 9.17) is 16.3 Å². The number of hydrazine groups is 1. The lowest BCUT2D eigenvalue weighted by molar-refractivity contribution is -0.384. The Balaban J connectivity index is 1.85. The lowest BCUT2D eigenvalue weighted by atomic mass is 9.96. The number of fused-ring (bicyclic) bond motifs is 1. The molecule has 4 rings (SSSR count). The summed E-state index contributed by atoms with van der Waals surface area (Å²) in [6, 6.07) is 12.4. The van der Waals surface area contributed by atoms with Crippen molar-refractivity contribution in [3.8, 4) is 16.9 Å². The maximum atomic E-state index is 12.6. The predicted molar refractivity (Wildman–Crippen MR) is 135 cm³/mol. The van der Waals surface area contributed by atoms with E-state index in [1.54, 1.807) is 30.3 Å². The summed E-state index contributed by atoms with van der Waals surface area (Å²) in [4.78, 5) is 30.7. The summed E-state index contributed by atoms with van der Waals surface area (Å²) in [5, 5.41) is 12.4. The van der Waals surface area contributed by atoms with E-state index in [2.05, 4.69) is 20.7 Å². The Labute approximate surface area is 208 Å². The number of carbonyl (C=O) groups excluding carboxylic acids is 1. The third-order valence-corrected chi connectivity index (χ3v) is 5.93. The third kappa shape index (κ3) is 5.87. The molecule has 0 radical (unpaired) electrons. The Bertz CT molecular complexity index is 1270. The predicted octanol–water partition coefficient (Wildman–Crippen LogP) is 5.45. The first-order valence-electron chi connectivity index (χ1n) is 11.5. The van der Waals surface area contributed by atoms with Crippen LogP contribution in [-0.4, -0.2) is 39.5 Å². The van der Waals surface area contributed by atoms with Crippen molar-refractivity contribution in [1.82, 2.24) is 20.7 Å². The van der Waals surface area contributed by atoms with Crippen LogP contribution in [0.5, 0.6) is 5.75 Å². The zero-order valence-electron chi connectivity index (χ0n) is 19.9. The molecular formula is C25H28ClN5O4. The Morgan fingerprint density at radius 2 is 1.91 bits per heavy atom. The molecule has 0 saturated carbocycles. The van der Waals surface area contributed by atoms with Gasteiger partial charge in [0.15, 0.2) is 0 Å². The van der Waals surface area contributed by atoms with Gasteiger partial charge < -0.3 is 4.74 Å². The van der Waals surface area contributed by atoms with Crippen LogP contribution in [0.15, 0.2) is 42.5 Å². The normalized spacial score (nSPS) is 14.3. The van der Waals surface area contributed by atoms with E-state index in [0.29, 0.717) is 23.0 Å². The molecule has 35 heavy (non-hydrogen) atoms. The van der Waals surface area contributed by atoms with Gasteiger partial charge in [-0.2, -0.15) is 0 Å². The number of rotatable bonds is 6. The van der Waals surface area contributed by atoms with Crippen molar-refractivity contribution in [3.63, 3.8) is 0 Å². The number of benzene rings is 2. The minimum absolute atomic E-state index is 0.180. The zero-order chi connectivity index (χ0) is 25.2. The SMILES string of the molecule is CC(C)(C)NNC(=O)Oc1ccc(CN2CCCC2)cc1-c1c([N+](=O)[O-])c(Cl)nc2ccccc12. The summed E-state index contributed by atoms with van der Waals surface area (Å²) >= 11 is 6.30. The average Bonchev–Trinajstić information content (AvgIpc) is 3.30. The summed E-state index contributed by atoms with van der Waals surface area (Å²) in [7, 11) is 0. The highest BCUT2D eigenvalue weighted by Crippen LogP contribution is 2.44. The van der Waals surface area contributed by atoms with Crippen molar-refractivity contribution < 1.29 is 14.5 Å². The highest BCUT2D eigenvalue weighted by atomic mass is 35.5. The van der Waals surface area contributed by atoms with Gasteiger partial charge in [-0.15, -0.1) is 0 Å². The van der Waals surface area contributed by atoms with Crippen LogP contribution < -0.4 is 15.6 Å². The fraction of sp³-hybridized carbons (Fsp3) is 0.360. The molecule has 1 aliphatic rings. The quantitative estimate of drug-likeness (QED) is 0.264. The van der Waals surface area contributed by atoms with Gasteiger partial charge in [0.2, 0.25) is 5.15 Å². The van der Waals surface area contributed by atoms with Gasteiger partial charge in [-0.1, -0.05) is 35.9 Å². The highest BCUT2D eigenvalue weighted by molar-refractivity contribution is 6.33. The van der Waals surface area contributed by atoms with Gasteiger partial charge >= 0.3 is 11.8 Å². The summed E-state index contributed by atoms with van der Waals surface area (Å²) < 4.78 is 5.63. The second-order valence-electron chi connectivity index (χ2n) is 9.60. The first kappa shape index (κ1) is 24.8. The number of para-hydroxylation sites is 1. The fourth-order valence-electron chi connectivity index (χ4n) is 4.13. The van der Waals surface area contributed by atoms with Crippen LogP contribution in [0.25, 0.3) is 22.0 Å². The molecule has 0 bridgehead atoms. The molecule has 1 fully saturated rings. The smallest absolute Gasteiger partial charge is 0.409 e. The van der Waals surface area contributed by atoms with Crippen LogP contribution in [0, 0.1) is 10.1 Å². The number of nitro groups is 1. The minimum Gasteiger partial charge on any atom is -0.409 e. The van der Waals surface area contributed by atoms with Crippen molar-refractivity contribution in [2.45, 2.75) is 45.7 Å². The van der Waals surface area contributed by atoms with Gasteiger partial charge in [0.05, 0.1) is 16.0 Å². The van der Waals surface area contributed by atoms with Gasteiger partial charge in [-0.3, -0.25) is 20.4 Å². The molecule has 184 valence electrons. The maximum Gasteiger partial charge on any atom is 0.427 e. The topological polar surface area (TPSA) is 110 Å². The minimum atomic E-state index is -0.736. The molecule has 1 aromatic heterocycles. The molecule has 10 heteroatoms. The monoisotopic (exact) mass is 497 g/mol. The summed E-state index contributed by atoms with van der Waals surface area (Å²) in [6.45, 7) is 8.35. The van der Waals surface area contributed by atoms with Crippen molar-refractivity contribution in [2.75, 3.05) is 13.1 Å². The summed E-state index contributed by atoms with van der Waals surface area (Å²) in [5.41, 5.74) is 6.79. The molecule has 1 amide bonds. The highest BCUT2D eigenvalue weighted by Gasteiger charge is 2.28. The molecule has 0 spiro atoms. The summed E-state index contributed by atoms with van der Waals surface area (Å²) in [5.74, 6) is 0.180. The van der Waals surface area contributed by atoms with Gasteiger partial charge in [-0.25, -0.2) is 15.2 Å². The average molecular weight is 498 g/mol. The van der Waals surface area contributed by atoms with Crippen molar-refractivity contribution >= 4 is 34.3 Å². The Morgan fingerprint density at radius 1 is 1.20 bits per heavy atom. The number of ether oxygens (including phenoxy) is 1. The largest absolute Gasteiger partial charge is 0.427 e. The molecule has 2 heterocycles. The Kier molecular flexibility index (Phi) is 7.20. The Hall–Kier alpha value is -3.27. The molecule has 1 aliphatic heterocycles. The number of hydrogen-bond acceptors (Lipinski definition) is 7. The first-order chi connectivity index (χ1) is 16.6. The first-order valence-corrected chi connectivity index (χ1v) is 11.8. The number of aromatic nitrogens is 1. The van der Waals surface area contributed by atoms with Gasteiger partial charge in [0, 0.05) is 23.0 Å². The fourth-order valence-corrected chi connectivity index (χ4v) is 4.39. The lowest BCUT2D eigenvalue weighted by Crippen LogP contribution is -2.49. The number of amides is 1. The van der Waals surface area contributed by atoms with Gasteiger partial charge in [0.25, 0.3) is 0 Å². The van der Waals surface area contributed by atoms with Crippen molar-refractivity contribution in [2.24, 2.45) is 0 Å². The van der Waals surface area contributed by atoms with Crippen LogP contribution in [0.2, 0.25) is 5.15 Å². The maximum absolute atomic E-state index is 12.6. The third-order valence-electron chi connectivity index (χ3n) is 5.67. The number of likely N-dealkylation sites (tertiary alicyclic amines) is 1. The standard InChI is InChI=1S/C25H28ClN5O4/c1-25(2,3)29-28-24(32)35-20-11-10-16(15-30-12-6-7-13-30)14-18(20)21-17-8-4-5-9-19(17)27-23(26)22(21)31(33)34/h4-5,8-11,14,29H,6-7,12-13,15H2,1-3H3,(H,28,32). The van der Waals surface area contributed by atoms with Crippen molar-refractivity contribution in [1.29, 1.82) is 0 Å². The number of hydrogen-bond donors (Lipinski definition) is 2. The lowest BCUT2D eigenvalue weighted by Gasteiger charge is -2.21.